The number of anilines is 1. The van der Waals surface area contributed by atoms with Gasteiger partial charge in [0, 0.05) is 19.6 Å². The van der Waals surface area contributed by atoms with Gasteiger partial charge in [-0.1, -0.05) is 19.4 Å². The van der Waals surface area contributed by atoms with Gasteiger partial charge >= 0.3 is 0 Å². The van der Waals surface area contributed by atoms with E-state index in [-0.39, 0.29) is 0 Å². The first-order chi connectivity index (χ1) is 9.28. The Kier molecular flexibility index (Phi) is 4.81. The number of nitrogens with zero attached hydrogens (tertiary/aromatic N) is 2. The van der Waals surface area contributed by atoms with Crippen LogP contribution in [0.15, 0.2) is 18.2 Å². The van der Waals surface area contributed by atoms with E-state index in [1.54, 1.807) is 0 Å². The summed E-state index contributed by atoms with van der Waals surface area (Å²) >= 11 is 0. The molecule has 0 bridgehead atoms. The molecule has 0 saturated carbocycles. The van der Waals surface area contributed by atoms with Crippen LogP contribution in [0.1, 0.15) is 37.3 Å². The zero-order valence-corrected chi connectivity index (χ0v) is 11.9. The van der Waals surface area contributed by atoms with Gasteiger partial charge in [0.2, 0.25) is 0 Å². The van der Waals surface area contributed by atoms with Crippen LogP contribution in [0.3, 0.4) is 0 Å². The van der Waals surface area contributed by atoms with E-state index in [1.165, 1.54) is 24.8 Å². The second-order valence-corrected chi connectivity index (χ2v) is 5.36. The second kappa shape index (κ2) is 6.58. The van der Waals surface area contributed by atoms with Crippen molar-refractivity contribution >= 4 is 5.69 Å². The third-order valence-electron chi connectivity index (χ3n) is 4.00. The van der Waals surface area contributed by atoms with Crippen LogP contribution < -0.4 is 10.2 Å². The molecule has 1 N–H and O–H groups in total. The molecular formula is C16H23N3. The number of nitrogens with one attached hydrogen (secondary N) is 1. The molecule has 1 fully saturated rings. The maximum atomic E-state index is 9.37. The van der Waals surface area contributed by atoms with Crippen LogP contribution in [0.25, 0.3) is 0 Å². The standard InChI is InChI=1S/C16H23N3/c1-3-13-5-4-8-19(12-13)16-7-6-14(11-18-2)9-15(16)10-17/h6-7,9,13,18H,3-5,8,11-12H2,1-2H3. The van der Waals surface area contributed by atoms with Crippen molar-refractivity contribution in [1.29, 1.82) is 5.26 Å². The lowest BCUT2D eigenvalue weighted by Gasteiger charge is -2.34. The summed E-state index contributed by atoms with van der Waals surface area (Å²) in [5.41, 5.74) is 3.09. The van der Waals surface area contributed by atoms with E-state index in [1.807, 2.05) is 13.1 Å². The van der Waals surface area contributed by atoms with Gasteiger partial charge in [-0.3, -0.25) is 0 Å². The third-order valence-corrected chi connectivity index (χ3v) is 4.00. The molecule has 1 unspecified atom stereocenters. The molecule has 1 aliphatic rings. The monoisotopic (exact) mass is 257 g/mol. The van der Waals surface area contributed by atoms with Crippen molar-refractivity contribution in [1.82, 2.24) is 5.32 Å². The molecule has 1 aromatic rings. The van der Waals surface area contributed by atoms with Crippen molar-refractivity contribution in [2.24, 2.45) is 5.92 Å². The summed E-state index contributed by atoms with van der Waals surface area (Å²) in [5, 5.41) is 12.5. The van der Waals surface area contributed by atoms with Crippen LogP contribution in [0.5, 0.6) is 0 Å². The fourth-order valence-electron chi connectivity index (χ4n) is 2.88. The molecule has 102 valence electrons. The minimum atomic E-state index is 0.775. The van der Waals surface area contributed by atoms with Gasteiger partial charge in [-0.15, -0.1) is 0 Å². The maximum Gasteiger partial charge on any atom is 0.101 e. The Hall–Kier alpha value is -1.53. The van der Waals surface area contributed by atoms with Gasteiger partial charge in [0.1, 0.15) is 6.07 Å². The summed E-state index contributed by atoms with van der Waals surface area (Å²) in [5.74, 6) is 0.775. The summed E-state index contributed by atoms with van der Waals surface area (Å²) in [4.78, 5) is 2.39. The molecule has 3 heteroatoms. The number of nitriles is 1. The lowest BCUT2D eigenvalue weighted by molar-refractivity contribution is 0.404. The van der Waals surface area contributed by atoms with Crippen LogP contribution in [0, 0.1) is 17.2 Å². The van der Waals surface area contributed by atoms with Crippen molar-refractivity contribution in [3.63, 3.8) is 0 Å². The number of hydrogen-bond acceptors (Lipinski definition) is 3. The molecular weight excluding hydrogens is 234 g/mol. The maximum absolute atomic E-state index is 9.37. The summed E-state index contributed by atoms with van der Waals surface area (Å²) < 4.78 is 0. The van der Waals surface area contributed by atoms with E-state index in [0.717, 1.165) is 36.8 Å². The Morgan fingerprint density at radius 2 is 2.32 bits per heavy atom. The van der Waals surface area contributed by atoms with Crippen molar-refractivity contribution in [3.05, 3.63) is 29.3 Å². The van der Waals surface area contributed by atoms with Crippen LogP contribution in [-0.2, 0) is 6.54 Å². The Labute approximate surface area is 116 Å². The normalized spacial score (nSPS) is 19.2. The van der Waals surface area contributed by atoms with Crippen molar-refractivity contribution in [2.75, 3.05) is 25.0 Å². The van der Waals surface area contributed by atoms with E-state index in [4.69, 9.17) is 0 Å². The predicted molar refractivity (Wildman–Crippen MR) is 79.1 cm³/mol. The largest absolute Gasteiger partial charge is 0.370 e. The van der Waals surface area contributed by atoms with E-state index < -0.39 is 0 Å². The van der Waals surface area contributed by atoms with E-state index in [2.05, 4.69) is 35.3 Å². The molecule has 19 heavy (non-hydrogen) atoms. The smallest absolute Gasteiger partial charge is 0.101 e. The molecule has 1 aromatic carbocycles. The fourth-order valence-corrected chi connectivity index (χ4v) is 2.88. The SMILES string of the molecule is CCC1CCCN(c2ccc(CNC)cc2C#N)C1. The lowest BCUT2D eigenvalue weighted by Crippen LogP contribution is -2.35. The topological polar surface area (TPSA) is 39.1 Å². The minimum absolute atomic E-state index is 0.775. The Morgan fingerprint density at radius 3 is 3.00 bits per heavy atom. The molecule has 1 saturated heterocycles. The number of benzene rings is 1. The molecule has 0 spiro atoms. The summed E-state index contributed by atoms with van der Waals surface area (Å²) in [6.07, 6.45) is 3.80. The van der Waals surface area contributed by atoms with Gasteiger partial charge in [-0.25, -0.2) is 0 Å². The number of piperidine rings is 1. The van der Waals surface area contributed by atoms with E-state index >= 15 is 0 Å². The van der Waals surface area contributed by atoms with Gasteiger partial charge < -0.3 is 10.2 Å². The van der Waals surface area contributed by atoms with Gasteiger partial charge in [0.05, 0.1) is 11.3 Å². The van der Waals surface area contributed by atoms with Crippen molar-refractivity contribution in [3.8, 4) is 6.07 Å². The molecule has 0 radical (unpaired) electrons. The van der Waals surface area contributed by atoms with Crippen molar-refractivity contribution < 1.29 is 0 Å². The van der Waals surface area contributed by atoms with Crippen LogP contribution in [0.2, 0.25) is 0 Å². The average molecular weight is 257 g/mol. The highest BCUT2D eigenvalue weighted by molar-refractivity contribution is 5.60. The highest BCUT2D eigenvalue weighted by Crippen LogP contribution is 2.28. The molecule has 0 aromatic heterocycles. The highest BCUT2D eigenvalue weighted by Gasteiger charge is 2.20. The molecule has 2 rings (SSSR count). The van der Waals surface area contributed by atoms with Gasteiger partial charge in [0.25, 0.3) is 0 Å². The van der Waals surface area contributed by atoms with Gasteiger partial charge in [0.15, 0.2) is 0 Å². The lowest BCUT2D eigenvalue weighted by atomic mass is 9.94. The third kappa shape index (κ3) is 3.27. The fraction of sp³-hybridized carbons (Fsp3) is 0.562. The predicted octanol–water partition coefficient (Wildman–Crippen LogP) is 2.90. The zero-order chi connectivity index (χ0) is 13.7. The first-order valence-corrected chi connectivity index (χ1v) is 7.21. The zero-order valence-electron chi connectivity index (χ0n) is 11.9. The molecule has 0 aliphatic carbocycles. The first-order valence-electron chi connectivity index (χ1n) is 7.21. The highest BCUT2D eigenvalue weighted by atomic mass is 15.1. The van der Waals surface area contributed by atoms with E-state index in [9.17, 15) is 5.26 Å². The summed E-state index contributed by atoms with van der Waals surface area (Å²) in [6, 6.07) is 8.61. The summed E-state index contributed by atoms with van der Waals surface area (Å²) in [6.45, 7) is 5.25. The molecule has 0 amide bonds. The molecule has 1 heterocycles. The molecule has 3 nitrogen and oxygen atoms in total. The molecule has 1 atom stereocenters. The van der Waals surface area contributed by atoms with E-state index in [0.29, 0.717) is 0 Å². The Balaban J connectivity index is 2.21. The summed E-state index contributed by atoms with van der Waals surface area (Å²) in [7, 11) is 1.93. The quantitative estimate of drug-likeness (QED) is 0.901. The van der Waals surface area contributed by atoms with Crippen molar-refractivity contribution in [2.45, 2.75) is 32.7 Å². The second-order valence-electron chi connectivity index (χ2n) is 5.36. The Morgan fingerprint density at radius 1 is 1.47 bits per heavy atom. The number of hydrogen-bond donors (Lipinski definition) is 1. The van der Waals surface area contributed by atoms with Gasteiger partial charge in [-0.2, -0.15) is 5.26 Å². The van der Waals surface area contributed by atoms with Gasteiger partial charge in [-0.05, 0) is 43.5 Å². The number of rotatable bonds is 4. The van der Waals surface area contributed by atoms with Crippen LogP contribution >= 0.6 is 0 Å². The van der Waals surface area contributed by atoms with Crippen LogP contribution in [-0.4, -0.2) is 20.1 Å². The van der Waals surface area contributed by atoms with Crippen LogP contribution in [0.4, 0.5) is 5.69 Å². The molecule has 1 aliphatic heterocycles. The Bertz CT molecular complexity index is 462. The average Bonchev–Trinajstić information content (AvgIpc) is 2.47. The minimum Gasteiger partial charge on any atom is -0.370 e. The first kappa shape index (κ1) is 13.9.